The van der Waals surface area contributed by atoms with Crippen molar-refractivity contribution < 1.29 is 28.6 Å². The zero-order chi connectivity index (χ0) is 57.8. The van der Waals surface area contributed by atoms with Crippen LogP contribution in [0.4, 0.5) is 0 Å². The Hall–Kier alpha value is -2.37. The molecule has 0 N–H and O–H groups in total. The number of carbonyl (C=O) groups is 3. The summed E-state index contributed by atoms with van der Waals surface area (Å²) in [6.45, 7) is 6.63. The van der Waals surface area contributed by atoms with Gasteiger partial charge in [0.25, 0.3) is 0 Å². The van der Waals surface area contributed by atoms with Crippen molar-refractivity contribution in [2.45, 2.75) is 406 Å². The number of rotatable bonds is 67. The molecule has 6 nitrogen and oxygen atoms in total. The first-order chi connectivity index (χ1) is 39.5. The Morgan fingerprint density at radius 1 is 0.250 bits per heavy atom. The Morgan fingerprint density at radius 2 is 0.475 bits per heavy atom. The summed E-state index contributed by atoms with van der Waals surface area (Å²) < 4.78 is 16.9. The molecule has 0 amide bonds. The summed E-state index contributed by atoms with van der Waals surface area (Å²) in [5.41, 5.74) is 0. The van der Waals surface area contributed by atoms with Crippen molar-refractivity contribution >= 4 is 17.9 Å². The average molecular weight is 1120 g/mol. The minimum absolute atomic E-state index is 0.0723. The van der Waals surface area contributed by atoms with E-state index in [-0.39, 0.29) is 31.1 Å². The molecule has 6 heteroatoms. The predicted octanol–water partition coefficient (Wildman–Crippen LogP) is 24.7. The smallest absolute Gasteiger partial charge is 0.306 e. The standard InChI is InChI=1S/C74H138O6/c1-4-7-10-13-16-19-22-24-26-28-30-32-33-34-35-36-37-38-39-40-41-43-44-46-48-50-52-55-58-61-64-67-73(76)79-70-71(69-78-72(75)66-63-60-57-54-21-18-15-12-9-6-3)80-74(77)68-65-62-59-56-53-51-49-47-45-42-31-29-27-25-23-20-17-14-11-8-5-2/h12,15,23,25,29,31,71H,4-11,13-14,16-22,24,26-28,30,32-70H2,1-3H3/b15-12-,25-23-,31-29-. The van der Waals surface area contributed by atoms with Crippen LogP contribution < -0.4 is 0 Å². The van der Waals surface area contributed by atoms with E-state index in [0.717, 1.165) is 77.0 Å². The molecule has 0 saturated heterocycles. The van der Waals surface area contributed by atoms with E-state index in [4.69, 9.17) is 14.2 Å². The van der Waals surface area contributed by atoms with Crippen LogP contribution in [0, 0.1) is 0 Å². The minimum atomic E-state index is -0.776. The number of unbranched alkanes of at least 4 members (excludes halogenated alkanes) is 50. The van der Waals surface area contributed by atoms with E-state index in [1.165, 1.54) is 283 Å². The summed E-state index contributed by atoms with van der Waals surface area (Å²) >= 11 is 0. The highest BCUT2D eigenvalue weighted by Crippen LogP contribution is 2.19. The van der Waals surface area contributed by atoms with E-state index in [9.17, 15) is 14.4 Å². The van der Waals surface area contributed by atoms with E-state index in [1.807, 2.05) is 0 Å². The lowest BCUT2D eigenvalue weighted by atomic mass is 10.0. The fourth-order valence-corrected chi connectivity index (χ4v) is 11.0. The summed E-state index contributed by atoms with van der Waals surface area (Å²) in [7, 11) is 0. The van der Waals surface area contributed by atoms with Gasteiger partial charge in [0.05, 0.1) is 0 Å². The maximum atomic E-state index is 12.9. The Bertz CT molecular complexity index is 1340. The lowest BCUT2D eigenvalue weighted by molar-refractivity contribution is -0.167. The van der Waals surface area contributed by atoms with Crippen molar-refractivity contribution in [2.75, 3.05) is 13.2 Å². The van der Waals surface area contributed by atoms with Gasteiger partial charge in [0.2, 0.25) is 0 Å². The summed E-state index contributed by atoms with van der Waals surface area (Å²) in [5.74, 6) is -0.863. The number of ether oxygens (including phenoxy) is 3. The van der Waals surface area contributed by atoms with Crippen LogP contribution in [-0.2, 0) is 28.6 Å². The van der Waals surface area contributed by atoms with Crippen LogP contribution in [0.2, 0.25) is 0 Å². The number of carbonyl (C=O) groups excluding carboxylic acids is 3. The van der Waals surface area contributed by atoms with Crippen LogP contribution in [0.5, 0.6) is 0 Å². The molecule has 0 aromatic carbocycles. The highest BCUT2D eigenvalue weighted by Gasteiger charge is 2.19. The molecule has 0 bridgehead atoms. The lowest BCUT2D eigenvalue weighted by Crippen LogP contribution is -2.30. The summed E-state index contributed by atoms with van der Waals surface area (Å²) in [6.07, 6.45) is 86.3. The Morgan fingerprint density at radius 3 is 0.750 bits per heavy atom. The van der Waals surface area contributed by atoms with Gasteiger partial charge < -0.3 is 14.2 Å². The molecule has 80 heavy (non-hydrogen) atoms. The van der Waals surface area contributed by atoms with Crippen LogP contribution >= 0.6 is 0 Å². The molecule has 0 aromatic heterocycles. The fourth-order valence-electron chi connectivity index (χ4n) is 11.0. The number of allylic oxidation sites excluding steroid dienone is 6. The van der Waals surface area contributed by atoms with Gasteiger partial charge >= 0.3 is 17.9 Å². The number of hydrogen-bond donors (Lipinski definition) is 0. The minimum Gasteiger partial charge on any atom is -0.462 e. The topological polar surface area (TPSA) is 78.9 Å². The van der Waals surface area contributed by atoms with Crippen LogP contribution in [-0.4, -0.2) is 37.2 Å². The zero-order valence-corrected chi connectivity index (χ0v) is 54.1. The molecule has 0 aliphatic heterocycles. The van der Waals surface area contributed by atoms with Crippen molar-refractivity contribution in [1.29, 1.82) is 0 Å². The van der Waals surface area contributed by atoms with Gasteiger partial charge in [-0.2, -0.15) is 0 Å². The van der Waals surface area contributed by atoms with Crippen LogP contribution in [0.15, 0.2) is 36.5 Å². The van der Waals surface area contributed by atoms with Crippen LogP contribution in [0.25, 0.3) is 0 Å². The molecule has 1 unspecified atom stereocenters. The Balaban J connectivity index is 4.08. The highest BCUT2D eigenvalue weighted by molar-refractivity contribution is 5.71. The first-order valence-electron chi connectivity index (χ1n) is 36.0. The second-order valence-corrected chi connectivity index (χ2v) is 24.5. The number of hydrogen-bond acceptors (Lipinski definition) is 6. The molecule has 0 heterocycles. The molecule has 0 aliphatic carbocycles. The second-order valence-electron chi connectivity index (χ2n) is 24.5. The Kier molecular flexibility index (Phi) is 67.1. The second kappa shape index (κ2) is 69.1. The molecule has 0 spiro atoms. The van der Waals surface area contributed by atoms with E-state index < -0.39 is 6.10 Å². The van der Waals surface area contributed by atoms with Crippen molar-refractivity contribution in [3.63, 3.8) is 0 Å². The van der Waals surface area contributed by atoms with Gasteiger partial charge in [0.1, 0.15) is 13.2 Å². The van der Waals surface area contributed by atoms with E-state index in [2.05, 4.69) is 57.2 Å². The van der Waals surface area contributed by atoms with Crippen LogP contribution in [0.3, 0.4) is 0 Å². The molecule has 470 valence electrons. The third-order valence-electron chi connectivity index (χ3n) is 16.3. The zero-order valence-electron chi connectivity index (χ0n) is 54.1. The van der Waals surface area contributed by atoms with Crippen molar-refractivity contribution in [3.05, 3.63) is 36.5 Å². The quantitative estimate of drug-likeness (QED) is 0.0261. The number of esters is 3. The van der Waals surface area contributed by atoms with Gasteiger partial charge in [-0.05, 0) is 70.6 Å². The first-order valence-corrected chi connectivity index (χ1v) is 36.0. The molecule has 0 aromatic rings. The molecule has 0 fully saturated rings. The lowest BCUT2D eigenvalue weighted by Gasteiger charge is -2.18. The van der Waals surface area contributed by atoms with Gasteiger partial charge in [-0.15, -0.1) is 0 Å². The Labute approximate surface area is 499 Å². The van der Waals surface area contributed by atoms with Crippen molar-refractivity contribution in [2.24, 2.45) is 0 Å². The largest absolute Gasteiger partial charge is 0.462 e. The summed E-state index contributed by atoms with van der Waals surface area (Å²) in [5, 5.41) is 0. The molecular weight excluding hydrogens is 985 g/mol. The molecule has 0 rings (SSSR count). The van der Waals surface area contributed by atoms with Gasteiger partial charge in [-0.25, -0.2) is 0 Å². The maximum Gasteiger partial charge on any atom is 0.306 e. The molecule has 1 atom stereocenters. The highest BCUT2D eigenvalue weighted by atomic mass is 16.6. The molecule has 0 radical (unpaired) electrons. The third kappa shape index (κ3) is 66.4. The summed E-state index contributed by atoms with van der Waals surface area (Å²) in [4.78, 5) is 38.3. The summed E-state index contributed by atoms with van der Waals surface area (Å²) in [6, 6.07) is 0. The van der Waals surface area contributed by atoms with Crippen molar-refractivity contribution in [3.8, 4) is 0 Å². The van der Waals surface area contributed by atoms with Crippen LogP contribution in [0.1, 0.15) is 400 Å². The maximum absolute atomic E-state index is 12.9. The third-order valence-corrected chi connectivity index (χ3v) is 16.3. The molecule has 0 aliphatic rings. The van der Waals surface area contributed by atoms with E-state index >= 15 is 0 Å². The van der Waals surface area contributed by atoms with Gasteiger partial charge in [0, 0.05) is 19.3 Å². The molecular formula is C74H138O6. The van der Waals surface area contributed by atoms with Gasteiger partial charge in [-0.3, -0.25) is 14.4 Å². The first kappa shape index (κ1) is 77.6. The van der Waals surface area contributed by atoms with E-state index in [1.54, 1.807) is 0 Å². The fraction of sp³-hybridized carbons (Fsp3) is 0.878. The van der Waals surface area contributed by atoms with Gasteiger partial charge in [-0.1, -0.05) is 346 Å². The van der Waals surface area contributed by atoms with Crippen molar-refractivity contribution in [1.82, 2.24) is 0 Å². The average Bonchev–Trinajstić information content (AvgIpc) is 3.46. The van der Waals surface area contributed by atoms with E-state index in [0.29, 0.717) is 19.3 Å². The predicted molar refractivity (Wildman–Crippen MR) is 349 cm³/mol. The molecule has 0 saturated carbocycles. The normalized spacial score (nSPS) is 12.2. The monoisotopic (exact) mass is 1120 g/mol. The van der Waals surface area contributed by atoms with Gasteiger partial charge in [0.15, 0.2) is 6.10 Å². The SMILES string of the molecule is CCC/C=C\CCCCCCCC(=O)OCC(COC(=O)CCCCCCCCCCCCCCCCCCCCCCCCCCCCCCCCC)OC(=O)CCCCCCCCCCC/C=C\C/C=C\CCCCCCC.